The molecule has 0 saturated carbocycles. The zero-order chi connectivity index (χ0) is 10.2. The Balaban J connectivity index is 2.02. The number of aromatic nitrogens is 2. The van der Waals surface area contributed by atoms with E-state index in [2.05, 4.69) is 10.4 Å². The fourth-order valence-electron chi connectivity index (χ4n) is 1.35. The van der Waals surface area contributed by atoms with Crippen LogP contribution in [-0.4, -0.2) is 34.4 Å². The minimum Gasteiger partial charge on any atom is -0.376 e. The maximum absolute atomic E-state index is 11.6. The molecule has 1 N–H and O–H groups in total. The summed E-state index contributed by atoms with van der Waals surface area (Å²) in [5.41, 5.74) is 0.231. The number of nitrogens with zero attached hydrogens (tertiary/aromatic N) is 2. The molecular weight excluding hydrogens is 182 g/mol. The van der Waals surface area contributed by atoms with Gasteiger partial charge in [-0.2, -0.15) is 5.10 Å². The van der Waals surface area contributed by atoms with Crippen molar-refractivity contribution in [1.29, 1.82) is 0 Å². The quantitative estimate of drug-likeness (QED) is 0.719. The average Bonchev–Trinajstić information content (AvgIpc) is 2.49. The van der Waals surface area contributed by atoms with E-state index in [-0.39, 0.29) is 11.4 Å². The summed E-state index contributed by atoms with van der Waals surface area (Å²) < 4.78 is 6.65. The van der Waals surface area contributed by atoms with E-state index >= 15 is 0 Å². The Bertz CT molecular complexity index is 355. The van der Waals surface area contributed by atoms with Crippen molar-refractivity contribution >= 4 is 5.91 Å². The second kappa shape index (κ2) is 3.09. The Morgan fingerprint density at radius 1 is 1.71 bits per heavy atom. The fraction of sp³-hybridized carbons (Fsp3) is 0.556. The van der Waals surface area contributed by atoms with Gasteiger partial charge in [-0.05, 0) is 13.0 Å². The van der Waals surface area contributed by atoms with Crippen LogP contribution in [0.1, 0.15) is 17.4 Å². The summed E-state index contributed by atoms with van der Waals surface area (Å²) in [6.07, 6.45) is 1.74. The van der Waals surface area contributed by atoms with Crippen LogP contribution in [0.3, 0.4) is 0 Å². The average molecular weight is 195 g/mol. The topological polar surface area (TPSA) is 56.2 Å². The van der Waals surface area contributed by atoms with Crippen molar-refractivity contribution in [2.75, 3.05) is 13.2 Å². The third-order valence-corrected chi connectivity index (χ3v) is 2.20. The van der Waals surface area contributed by atoms with Gasteiger partial charge >= 0.3 is 0 Å². The van der Waals surface area contributed by atoms with E-state index in [0.29, 0.717) is 18.9 Å². The van der Waals surface area contributed by atoms with Crippen molar-refractivity contribution in [3.8, 4) is 0 Å². The Labute approximate surface area is 82.0 Å². The number of nitrogens with one attached hydrogen (secondary N) is 1. The first-order valence-corrected chi connectivity index (χ1v) is 4.49. The molecule has 0 aliphatic carbocycles. The van der Waals surface area contributed by atoms with Gasteiger partial charge in [-0.1, -0.05) is 0 Å². The van der Waals surface area contributed by atoms with Crippen molar-refractivity contribution in [2.24, 2.45) is 7.05 Å². The van der Waals surface area contributed by atoms with E-state index < -0.39 is 0 Å². The highest BCUT2D eigenvalue weighted by Crippen LogP contribution is 2.15. The molecule has 1 aromatic heterocycles. The number of ether oxygens (including phenoxy) is 1. The van der Waals surface area contributed by atoms with Crippen LogP contribution in [-0.2, 0) is 11.8 Å². The molecule has 0 bridgehead atoms. The molecule has 1 aromatic rings. The van der Waals surface area contributed by atoms with Crippen LogP contribution < -0.4 is 5.32 Å². The van der Waals surface area contributed by atoms with Gasteiger partial charge in [0.05, 0.1) is 18.8 Å². The molecule has 1 fully saturated rings. The molecule has 5 heteroatoms. The molecule has 14 heavy (non-hydrogen) atoms. The van der Waals surface area contributed by atoms with Crippen LogP contribution in [0.5, 0.6) is 0 Å². The van der Waals surface area contributed by atoms with E-state index in [9.17, 15) is 4.79 Å². The van der Waals surface area contributed by atoms with Crippen LogP contribution in [0.15, 0.2) is 12.3 Å². The molecule has 1 aliphatic rings. The van der Waals surface area contributed by atoms with Gasteiger partial charge in [-0.3, -0.25) is 9.48 Å². The third kappa shape index (κ3) is 1.63. The maximum Gasteiger partial charge on any atom is 0.272 e. The van der Waals surface area contributed by atoms with Crippen molar-refractivity contribution in [3.05, 3.63) is 18.0 Å². The molecule has 76 valence electrons. The summed E-state index contributed by atoms with van der Waals surface area (Å²) in [6, 6.07) is 1.69. The second-order valence-electron chi connectivity index (χ2n) is 3.88. The third-order valence-electron chi connectivity index (χ3n) is 2.20. The van der Waals surface area contributed by atoms with Gasteiger partial charge in [0.2, 0.25) is 0 Å². The molecule has 1 saturated heterocycles. The Hall–Kier alpha value is -1.36. The minimum atomic E-state index is -0.214. The smallest absolute Gasteiger partial charge is 0.272 e. The molecule has 0 unspecified atom stereocenters. The molecule has 0 aromatic carbocycles. The van der Waals surface area contributed by atoms with E-state index in [4.69, 9.17) is 4.74 Å². The van der Waals surface area contributed by atoms with Gasteiger partial charge in [-0.25, -0.2) is 0 Å². The number of rotatable bonds is 2. The predicted molar refractivity (Wildman–Crippen MR) is 49.9 cm³/mol. The highest BCUT2D eigenvalue weighted by molar-refractivity contribution is 5.92. The van der Waals surface area contributed by atoms with Crippen LogP contribution in [0.4, 0.5) is 0 Å². The van der Waals surface area contributed by atoms with E-state index in [1.807, 2.05) is 6.92 Å². The summed E-state index contributed by atoms with van der Waals surface area (Å²) in [7, 11) is 1.78. The number of hydrogen-bond donors (Lipinski definition) is 1. The maximum atomic E-state index is 11.6. The van der Waals surface area contributed by atoms with Crippen LogP contribution >= 0.6 is 0 Å². The summed E-state index contributed by atoms with van der Waals surface area (Å²) in [5.74, 6) is -0.142. The molecule has 5 nitrogen and oxygen atoms in total. The number of carbonyl (C=O) groups excluding carboxylic acids is 1. The molecule has 0 radical (unpaired) electrons. The van der Waals surface area contributed by atoms with Gasteiger partial charge in [-0.15, -0.1) is 0 Å². The van der Waals surface area contributed by atoms with Crippen molar-refractivity contribution in [1.82, 2.24) is 15.1 Å². The molecule has 0 atom stereocenters. The zero-order valence-corrected chi connectivity index (χ0v) is 8.28. The van der Waals surface area contributed by atoms with Gasteiger partial charge in [0.25, 0.3) is 5.91 Å². The molecule has 2 rings (SSSR count). The monoisotopic (exact) mass is 195 g/mol. The standard InChI is InChI=1S/C9H13N3O2/c1-9(5-14-6-9)10-8(13)7-3-4-12(2)11-7/h3-4H,5-6H2,1-2H3,(H,10,13). The van der Waals surface area contributed by atoms with E-state index in [1.54, 1.807) is 24.0 Å². The van der Waals surface area contributed by atoms with Crippen molar-refractivity contribution < 1.29 is 9.53 Å². The van der Waals surface area contributed by atoms with Crippen LogP contribution in [0.2, 0.25) is 0 Å². The van der Waals surface area contributed by atoms with Gasteiger partial charge in [0.15, 0.2) is 0 Å². The Kier molecular flexibility index (Phi) is 2.03. The summed E-state index contributed by atoms with van der Waals surface area (Å²) in [4.78, 5) is 11.6. The lowest BCUT2D eigenvalue weighted by molar-refractivity contribution is -0.0594. The lowest BCUT2D eigenvalue weighted by Crippen LogP contribution is -2.59. The number of carbonyl (C=O) groups is 1. The lowest BCUT2D eigenvalue weighted by Gasteiger charge is -2.38. The Morgan fingerprint density at radius 3 is 2.86 bits per heavy atom. The second-order valence-corrected chi connectivity index (χ2v) is 3.88. The predicted octanol–water partition coefficient (Wildman–Crippen LogP) is -0.0612. The minimum absolute atomic E-state index is 0.142. The molecule has 2 heterocycles. The van der Waals surface area contributed by atoms with Crippen molar-refractivity contribution in [3.63, 3.8) is 0 Å². The Morgan fingerprint density at radius 2 is 2.43 bits per heavy atom. The first-order valence-electron chi connectivity index (χ1n) is 4.49. The fourth-order valence-corrected chi connectivity index (χ4v) is 1.35. The van der Waals surface area contributed by atoms with Crippen LogP contribution in [0.25, 0.3) is 0 Å². The summed E-state index contributed by atoms with van der Waals surface area (Å²) >= 11 is 0. The van der Waals surface area contributed by atoms with Crippen molar-refractivity contribution in [2.45, 2.75) is 12.5 Å². The van der Waals surface area contributed by atoms with E-state index in [1.165, 1.54) is 0 Å². The summed E-state index contributed by atoms with van der Waals surface area (Å²) in [5, 5.41) is 6.90. The number of aryl methyl sites for hydroxylation is 1. The molecule has 0 spiro atoms. The zero-order valence-electron chi connectivity index (χ0n) is 8.28. The lowest BCUT2D eigenvalue weighted by atomic mass is 10.0. The number of hydrogen-bond acceptors (Lipinski definition) is 3. The molecular formula is C9H13N3O2. The van der Waals surface area contributed by atoms with Gasteiger partial charge < -0.3 is 10.1 Å². The normalized spacial score (nSPS) is 18.7. The molecule has 1 aliphatic heterocycles. The summed E-state index contributed by atoms with van der Waals surface area (Å²) in [6.45, 7) is 3.11. The first-order chi connectivity index (χ1) is 6.59. The van der Waals surface area contributed by atoms with Crippen LogP contribution in [0, 0.1) is 0 Å². The SMILES string of the molecule is Cn1ccc(C(=O)NC2(C)COC2)n1. The van der Waals surface area contributed by atoms with Gasteiger partial charge in [0.1, 0.15) is 5.69 Å². The first kappa shape index (κ1) is 9.21. The number of amides is 1. The van der Waals surface area contributed by atoms with Gasteiger partial charge in [0, 0.05) is 13.2 Å². The largest absolute Gasteiger partial charge is 0.376 e. The molecule has 1 amide bonds. The highest BCUT2D eigenvalue weighted by Gasteiger charge is 2.35. The van der Waals surface area contributed by atoms with E-state index in [0.717, 1.165) is 0 Å². The highest BCUT2D eigenvalue weighted by atomic mass is 16.5.